The molecule has 0 unspecified atom stereocenters. The molecular formula is C14H21N3O5. The highest BCUT2D eigenvalue weighted by atomic mass is 16.5. The second kappa shape index (κ2) is 8.18. The molecule has 122 valence electrons. The van der Waals surface area contributed by atoms with Crippen molar-refractivity contribution in [2.24, 2.45) is 11.7 Å². The number of methoxy groups -OCH3 is 1. The molecular weight excluding hydrogens is 290 g/mol. The number of hydrogen-bond acceptors (Lipinski definition) is 6. The van der Waals surface area contributed by atoms with Crippen molar-refractivity contribution in [2.75, 3.05) is 13.7 Å². The molecule has 1 rings (SSSR count). The molecule has 1 atom stereocenters. The molecule has 0 saturated carbocycles. The first-order valence-corrected chi connectivity index (χ1v) is 6.82. The summed E-state index contributed by atoms with van der Waals surface area (Å²) in [5.74, 6) is -0.909. The number of hydrogen-bond donors (Lipinski definition) is 3. The maximum Gasteiger partial charge on any atom is 0.373 e. The monoisotopic (exact) mass is 311 g/mol. The fraction of sp³-hybridized carbons (Fsp3) is 0.500. The number of nitrogens with two attached hydrogens (primary N) is 1. The lowest BCUT2D eigenvalue weighted by atomic mass is 10.1. The molecule has 0 aromatic carbocycles. The van der Waals surface area contributed by atoms with Crippen LogP contribution in [0.3, 0.4) is 0 Å². The molecule has 4 N–H and O–H groups in total. The Morgan fingerprint density at radius 3 is 2.55 bits per heavy atom. The summed E-state index contributed by atoms with van der Waals surface area (Å²) < 4.78 is 9.69. The van der Waals surface area contributed by atoms with Crippen molar-refractivity contribution in [2.45, 2.75) is 26.4 Å². The summed E-state index contributed by atoms with van der Waals surface area (Å²) in [7, 11) is 1.25. The Kier molecular flexibility index (Phi) is 6.58. The number of carbonyl (C=O) groups excluding carboxylic acids is 3. The highest BCUT2D eigenvalue weighted by Gasteiger charge is 2.17. The van der Waals surface area contributed by atoms with Crippen molar-refractivity contribution in [3.8, 4) is 0 Å². The van der Waals surface area contributed by atoms with Gasteiger partial charge in [0.1, 0.15) is 5.76 Å². The Labute approximate surface area is 128 Å². The van der Waals surface area contributed by atoms with Gasteiger partial charge in [-0.15, -0.1) is 0 Å². The number of ether oxygens (including phenoxy) is 1. The zero-order chi connectivity index (χ0) is 16.7. The molecule has 0 aliphatic carbocycles. The van der Waals surface area contributed by atoms with E-state index in [2.05, 4.69) is 15.4 Å². The molecule has 22 heavy (non-hydrogen) atoms. The van der Waals surface area contributed by atoms with Gasteiger partial charge < -0.3 is 25.5 Å². The molecule has 8 heteroatoms. The van der Waals surface area contributed by atoms with Gasteiger partial charge in [0.05, 0.1) is 26.2 Å². The summed E-state index contributed by atoms with van der Waals surface area (Å²) in [6.45, 7) is 3.56. The van der Waals surface area contributed by atoms with Crippen molar-refractivity contribution in [1.29, 1.82) is 0 Å². The molecule has 1 heterocycles. The van der Waals surface area contributed by atoms with Gasteiger partial charge in [-0.2, -0.15) is 0 Å². The first kappa shape index (κ1) is 17.7. The number of furan rings is 1. The normalized spacial score (nSPS) is 11.9. The average Bonchev–Trinajstić information content (AvgIpc) is 2.97. The van der Waals surface area contributed by atoms with Crippen LogP contribution in [0, 0.1) is 5.92 Å². The van der Waals surface area contributed by atoms with Gasteiger partial charge in [0.25, 0.3) is 0 Å². The van der Waals surface area contributed by atoms with Crippen molar-refractivity contribution >= 4 is 17.8 Å². The Bertz CT molecular complexity index is 538. The molecule has 0 aliphatic heterocycles. The summed E-state index contributed by atoms with van der Waals surface area (Å²) >= 11 is 0. The third-order valence-corrected chi connectivity index (χ3v) is 2.95. The zero-order valence-electron chi connectivity index (χ0n) is 12.8. The summed E-state index contributed by atoms with van der Waals surface area (Å²) in [4.78, 5) is 34.4. The Morgan fingerprint density at radius 2 is 1.95 bits per heavy atom. The second-order valence-corrected chi connectivity index (χ2v) is 5.02. The predicted octanol–water partition coefficient (Wildman–Crippen LogP) is -0.218. The van der Waals surface area contributed by atoms with Gasteiger partial charge >= 0.3 is 5.97 Å². The van der Waals surface area contributed by atoms with Gasteiger partial charge in [-0.3, -0.25) is 9.59 Å². The van der Waals surface area contributed by atoms with Gasteiger partial charge in [-0.05, 0) is 18.1 Å². The molecule has 1 aromatic rings. The van der Waals surface area contributed by atoms with E-state index in [0.717, 1.165) is 0 Å². The molecule has 0 saturated heterocycles. The molecule has 0 bridgehead atoms. The van der Waals surface area contributed by atoms with E-state index in [1.807, 2.05) is 13.8 Å². The molecule has 1 aromatic heterocycles. The van der Waals surface area contributed by atoms with Crippen LogP contribution in [0.25, 0.3) is 0 Å². The maximum absolute atomic E-state index is 11.6. The van der Waals surface area contributed by atoms with E-state index in [0.29, 0.717) is 5.76 Å². The Morgan fingerprint density at radius 1 is 1.27 bits per heavy atom. The van der Waals surface area contributed by atoms with E-state index in [9.17, 15) is 14.4 Å². The van der Waals surface area contributed by atoms with Crippen LogP contribution in [0.5, 0.6) is 0 Å². The average molecular weight is 311 g/mol. The van der Waals surface area contributed by atoms with Crippen LogP contribution in [-0.2, 0) is 20.9 Å². The Hall–Kier alpha value is -2.35. The summed E-state index contributed by atoms with van der Waals surface area (Å²) in [6, 6.07) is 2.36. The standard InChI is InChI=1S/C14H21N3O5/c1-8(2)12(15)13(19)17-7-11(18)16-6-9-4-5-10(22-9)14(20)21-3/h4-5,8,12H,6-7,15H2,1-3H3,(H,16,18)(H,17,19)/t12-/m0/s1. The van der Waals surface area contributed by atoms with Crippen LogP contribution >= 0.6 is 0 Å². The van der Waals surface area contributed by atoms with Crippen LogP contribution in [0.1, 0.15) is 30.2 Å². The largest absolute Gasteiger partial charge is 0.463 e. The lowest BCUT2D eigenvalue weighted by Crippen LogP contribution is -2.47. The molecule has 0 spiro atoms. The third-order valence-electron chi connectivity index (χ3n) is 2.95. The van der Waals surface area contributed by atoms with Crippen molar-refractivity contribution in [1.82, 2.24) is 10.6 Å². The van der Waals surface area contributed by atoms with Gasteiger partial charge in [0.15, 0.2) is 0 Å². The van der Waals surface area contributed by atoms with Crippen molar-refractivity contribution in [3.63, 3.8) is 0 Å². The summed E-state index contributed by atoms with van der Waals surface area (Å²) in [6.07, 6.45) is 0. The number of amides is 2. The van der Waals surface area contributed by atoms with E-state index >= 15 is 0 Å². The quantitative estimate of drug-likeness (QED) is 0.598. The van der Waals surface area contributed by atoms with Crippen molar-refractivity contribution in [3.05, 3.63) is 23.7 Å². The zero-order valence-corrected chi connectivity index (χ0v) is 12.8. The van der Waals surface area contributed by atoms with Crippen molar-refractivity contribution < 1.29 is 23.5 Å². The molecule has 2 amide bonds. The van der Waals surface area contributed by atoms with E-state index in [-0.39, 0.29) is 36.6 Å². The number of rotatable bonds is 7. The SMILES string of the molecule is COC(=O)c1ccc(CNC(=O)CNC(=O)[C@@H](N)C(C)C)o1. The van der Waals surface area contributed by atoms with Gasteiger partial charge in [0.2, 0.25) is 17.6 Å². The predicted molar refractivity (Wildman–Crippen MR) is 77.7 cm³/mol. The summed E-state index contributed by atoms with van der Waals surface area (Å²) in [5.41, 5.74) is 5.65. The van der Waals surface area contributed by atoms with Gasteiger partial charge in [-0.1, -0.05) is 13.8 Å². The number of nitrogens with one attached hydrogen (secondary N) is 2. The van der Waals surface area contributed by atoms with Crippen LogP contribution in [-0.4, -0.2) is 37.5 Å². The second-order valence-electron chi connectivity index (χ2n) is 5.02. The number of esters is 1. The van der Waals surface area contributed by atoms with E-state index in [1.165, 1.54) is 13.2 Å². The minimum absolute atomic E-state index is 0.0112. The lowest BCUT2D eigenvalue weighted by molar-refractivity contribution is -0.127. The smallest absolute Gasteiger partial charge is 0.373 e. The molecule has 8 nitrogen and oxygen atoms in total. The molecule has 0 radical (unpaired) electrons. The lowest BCUT2D eigenvalue weighted by Gasteiger charge is -2.14. The first-order valence-electron chi connectivity index (χ1n) is 6.82. The molecule has 0 fully saturated rings. The van der Waals surface area contributed by atoms with Crippen LogP contribution in [0.2, 0.25) is 0 Å². The third kappa shape index (κ3) is 5.21. The topological polar surface area (TPSA) is 124 Å². The maximum atomic E-state index is 11.6. The minimum Gasteiger partial charge on any atom is -0.463 e. The van der Waals surface area contributed by atoms with Crippen LogP contribution in [0.15, 0.2) is 16.5 Å². The Balaban J connectivity index is 2.36. The highest BCUT2D eigenvalue weighted by molar-refractivity contribution is 5.87. The van der Waals surface area contributed by atoms with Gasteiger partial charge in [-0.25, -0.2) is 4.79 Å². The van der Waals surface area contributed by atoms with Crippen LogP contribution < -0.4 is 16.4 Å². The molecule has 0 aliphatic rings. The van der Waals surface area contributed by atoms with E-state index in [4.69, 9.17) is 10.2 Å². The fourth-order valence-corrected chi connectivity index (χ4v) is 1.52. The minimum atomic E-state index is -0.652. The van der Waals surface area contributed by atoms with Gasteiger partial charge in [0, 0.05) is 0 Å². The first-order chi connectivity index (χ1) is 10.3. The number of carbonyl (C=O) groups is 3. The summed E-state index contributed by atoms with van der Waals surface area (Å²) in [5, 5.41) is 5.00. The fourth-order valence-electron chi connectivity index (χ4n) is 1.52. The highest BCUT2D eigenvalue weighted by Crippen LogP contribution is 2.08. The van der Waals surface area contributed by atoms with E-state index in [1.54, 1.807) is 6.07 Å². The van der Waals surface area contributed by atoms with E-state index < -0.39 is 12.0 Å². The van der Waals surface area contributed by atoms with Crippen LogP contribution in [0.4, 0.5) is 0 Å².